The lowest BCUT2D eigenvalue weighted by Crippen LogP contribution is -2.30. The Morgan fingerprint density at radius 2 is 1.95 bits per heavy atom. The average Bonchev–Trinajstić information content (AvgIpc) is 3.02. The molecule has 3 nitrogen and oxygen atoms in total. The number of nitrogens with zero attached hydrogens (tertiary/aromatic N) is 3. The second-order valence-corrected chi connectivity index (χ2v) is 6.54. The number of anilines is 1. The summed E-state index contributed by atoms with van der Waals surface area (Å²) in [5.74, 6) is 1.18. The summed E-state index contributed by atoms with van der Waals surface area (Å²) in [7, 11) is 0. The van der Waals surface area contributed by atoms with Gasteiger partial charge in [0.1, 0.15) is 5.82 Å². The molecule has 2 aliphatic rings. The molecular weight excluding hydrogens is 258 g/mol. The summed E-state index contributed by atoms with van der Waals surface area (Å²) in [6, 6.07) is 5.18. The molecule has 0 N–H and O–H groups in total. The van der Waals surface area contributed by atoms with Crippen LogP contribution in [0.15, 0.2) is 18.3 Å². The largest absolute Gasteiger partial charge is 0.357 e. The molecule has 2 aliphatic heterocycles. The van der Waals surface area contributed by atoms with E-state index in [9.17, 15) is 0 Å². The van der Waals surface area contributed by atoms with E-state index in [4.69, 9.17) is 4.98 Å². The maximum absolute atomic E-state index is 4.76. The fourth-order valence-corrected chi connectivity index (χ4v) is 3.74. The van der Waals surface area contributed by atoms with Gasteiger partial charge in [-0.05, 0) is 63.2 Å². The van der Waals surface area contributed by atoms with Crippen LogP contribution in [0.25, 0.3) is 0 Å². The van der Waals surface area contributed by atoms with E-state index < -0.39 is 0 Å². The van der Waals surface area contributed by atoms with Gasteiger partial charge in [-0.1, -0.05) is 19.4 Å². The van der Waals surface area contributed by atoms with Gasteiger partial charge in [0, 0.05) is 25.3 Å². The molecule has 0 spiro atoms. The first-order valence-electron chi connectivity index (χ1n) is 8.83. The van der Waals surface area contributed by atoms with Crippen molar-refractivity contribution in [3.8, 4) is 0 Å². The minimum atomic E-state index is 0.611. The number of likely N-dealkylation sites (tertiary alicyclic amines) is 1. The molecule has 2 fully saturated rings. The fourth-order valence-electron chi connectivity index (χ4n) is 3.74. The third kappa shape index (κ3) is 3.57. The predicted octanol–water partition coefficient (Wildman–Crippen LogP) is 4.01. The van der Waals surface area contributed by atoms with Gasteiger partial charge >= 0.3 is 0 Å². The maximum atomic E-state index is 4.76. The molecule has 116 valence electrons. The van der Waals surface area contributed by atoms with Crippen molar-refractivity contribution < 1.29 is 0 Å². The Morgan fingerprint density at radius 1 is 1.10 bits per heavy atom. The van der Waals surface area contributed by atoms with Crippen LogP contribution < -0.4 is 4.90 Å². The Balaban J connectivity index is 1.65. The van der Waals surface area contributed by atoms with Crippen LogP contribution in [-0.2, 0) is 0 Å². The molecule has 0 saturated carbocycles. The highest BCUT2D eigenvalue weighted by molar-refractivity contribution is 5.40. The molecule has 1 unspecified atom stereocenters. The van der Waals surface area contributed by atoms with E-state index in [1.54, 1.807) is 0 Å². The number of piperidine rings is 1. The van der Waals surface area contributed by atoms with Crippen molar-refractivity contribution in [3.05, 3.63) is 23.9 Å². The number of unbranched alkanes of at least 4 members (excludes halogenated alkanes) is 1. The molecule has 1 atom stereocenters. The molecular formula is C18H29N3. The minimum Gasteiger partial charge on any atom is -0.357 e. The first-order valence-corrected chi connectivity index (χ1v) is 8.83. The van der Waals surface area contributed by atoms with Crippen molar-refractivity contribution in [2.45, 2.75) is 57.9 Å². The van der Waals surface area contributed by atoms with Crippen LogP contribution in [-0.4, -0.2) is 36.1 Å². The average molecular weight is 287 g/mol. The third-order valence-corrected chi connectivity index (χ3v) is 5.00. The van der Waals surface area contributed by atoms with Crippen LogP contribution in [0.3, 0.4) is 0 Å². The van der Waals surface area contributed by atoms with Gasteiger partial charge in [0.25, 0.3) is 0 Å². The van der Waals surface area contributed by atoms with E-state index in [0.29, 0.717) is 6.04 Å². The van der Waals surface area contributed by atoms with E-state index in [1.807, 2.05) is 0 Å². The molecule has 0 aromatic carbocycles. The van der Waals surface area contributed by atoms with Gasteiger partial charge in [0.15, 0.2) is 0 Å². The summed E-state index contributed by atoms with van der Waals surface area (Å²) in [4.78, 5) is 9.86. The fraction of sp³-hybridized carbons (Fsp3) is 0.722. The lowest BCUT2D eigenvalue weighted by Gasteiger charge is -2.28. The van der Waals surface area contributed by atoms with Gasteiger partial charge in [-0.2, -0.15) is 0 Å². The minimum absolute atomic E-state index is 0.611. The van der Waals surface area contributed by atoms with Gasteiger partial charge < -0.3 is 4.90 Å². The molecule has 0 amide bonds. The second kappa shape index (κ2) is 7.26. The van der Waals surface area contributed by atoms with Crippen molar-refractivity contribution in [3.63, 3.8) is 0 Å². The van der Waals surface area contributed by atoms with E-state index in [0.717, 1.165) is 0 Å². The van der Waals surface area contributed by atoms with Crippen LogP contribution in [0.1, 0.15) is 63.5 Å². The zero-order valence-electron chi connectivity index (χ0n) is 13.4. The van der Waals surface area contributed by atoms with Gasteiger partial charge in [-0.15, -0.1) is 0 Å². The Labute approximate surface area is 129 Å². The zero-order chi connectivity index (χ0) is 14.5. The molecule has 0 bridgehead atoms. The van der Waals surface area contributed by atoms with Crippen LogP contribution in [0.4, 0.5) is 5.82 Å². The summed E-state index contributed by atoms with van der Waals surface area (Å²) in [5, 5.41) is 0. The molecule has 3 heterocycles. The molecule has 2 saturated heterocycles. The van der Waals surface area contributed by atoms with Crippen molar-refractivity contribution in [2.24, 2.45) is 0 Å². The van der Waals surface area contributed by atoms with Crippen molar-refractivity contribution in [1.29, 1.82) is 0 Å². The Bertz CT molecular complexity index is 423. The summed E-state index contributed by atoms with van der Waals surface area (Å²) < 4.78 is 0. The maximum Gasteiger partial charge on any atom is 0.128 e. The number of pyridine rings is 1. The van der Waals surface area contributed by atoms with E-state index in [1.165, 1.54) is 82.5 Å². The van der Waals surface area contributed by atoms with Gasteiger partial charge in [0.2, 0.25) is 0 Å². The lowest BCUT2D eigenvalue weighted by atomic mass is 10.1. The van der Waals surface area contributed by atoms with E-state index >= 15 is 0 Å². The highest BCUT2D eigenvalue weighted by atomic mass is 15.2. The summed E-state index contributed by atoms with van der Waals surface area (Å²) in [5.41, 5.74) is 1.42. The number of hydrogen-bond donors (Lipinski definition) is 0. The Hall–Kier alpha value is -1.09. The topological polar surface area (TPSA) is 19.4 Å². The van der Waals surface area contributed by atoms with Crippen LogP contribution in [0.2, 0.25) is 0 Å². The highest BCUT2D eigenvalue weighted by Crippen LogP contribution is 2.32. The molecule has 21 heavy (non-hydrogen) atoms. The second-order valence-electron chi connectivity index (χ2n) is 6.54. The molecule has 1 aromatic rings. The first-order chi connectivity index (χ1) is 10.4. The standard InChI is InChI=1S/C18H29N3/c1-2-3-11-20-14-7-8-17(20)16-9-10-18(19-15-16)21-12-5-4-6-13-21/h9-10,15,17H,2-8,11-14H2,1H3. The quantitative estimate of drug-likeness (QED) is 0.815. The SMILES string of the molecule is CCCCN1CCCC1c1ccc(N2CCCCC2)nc1. The van der Waals surface area contributed by atoms with Gasteiger partial charge in [-0.25, -0.2) is 4.98 Å². The van der Waals surface area contributed by atoms with Gasteiger partial charge in [0.05, 0.1) is 0 Å². The highest BCUT2D eigenvalue weighted by Gasteiger charge is 2.25. The molecule has 0 aliphatic carbocycles. The molecule has 3 rings (SSSR count). The summed E-state index contributed by atoms with van der Waals surface area (Å²) in [6.07, 6.45) is 11.4. The normalized spacial score (nSPS) is 23.7. The van der Waals surface area contributed by atoms with E-state index in [-0.39, 0.29) is 0 Å². The summed E-state index contributed by atoms with van der Waals surface area (Å²) >= 11 is 0. The first kappa shape index (κ1) is 14.8. The lowest BCUT2D eigenvalue weighted by molar-refractivity contribution is 0.253. The predicted molar refractivity (Wildman–Crippen MR) is 88.8 cm³/mol. The Morgan fingerprint density at radius 3 is 2.67 bits per heavy atom. The third-order valence-electron chi connectivity index (χ3n) is 5.00. The Kier molecular flexibility index (Phi) is 5.13. The zero-order valence-corrected chi connectivity index (χ0v) is 13.4. The monoisotopic (exact) mass is 287 g/mol. The van der Waals surface area contributed by atoms with Crippen molar-refractivity contribution in [2.75, 3.05) is 31.1 Å². The summed E-state index contributed by atoms with van der Waals surface area (Å²) in [6.45, 7) is 7.14. The van der Waals surface area contributed by atoms with Crippen LogP contribution >= 0.6 is 0 Å². The number of hydrogen-bond acceptors (Lipinski definition) is 3. The van der Waals surface area contributed by atoms with Crippen molar-refractivity contribution >= 4 is 5.82 Å². The molecule has 1 aromatic heterocycles. The molecule has 3 heteroatoms. The van der Waals surface area contributed by atoms with Crippen LogP contribution in [0, 0.1) is 0 Å². The van der Waals surface area contributed by atoms with Crippen molar-refractivity contribution in [1.82, 2.24) is 9.88 Å². The number of rotatable bonds is 5. The van der Waals surface area contributed by atoms with Crippen LogP contribution in [0.5, 0.6) is 0 Å². The number of aromatic nitrogens is 1. The van der Waals surface area contributed by atoms with Gasteiger partial charge in [-0.3, -0.25) is 4.90 Å². The molecule has 0 radical (unpaired) electrons. The van der Waals surface area contributed by atoms with E-state index in [2.05, 4.69) is 35.1 Å². The smallest absolute Gasteiger partial charge is 0.128 e.